The minimum atomic E-state index is -0.613. The zero-order valence-corrected chi connectivity index (χ0v) is 11.1. The molecule has 2 atom stereocenters. The first kappa shape index (κ1) is 11.5. The molecule has 2 rings (SSSR count). The van der Waals surface area contributed by atoms with Crippen LogP contribution in [0.4, 0.5) is 0 Å². The highest BCUT2D eigenvalue weighted by molar-refractivity contribution is 9.10. The molecule has 0 aliphatic carbocycles. The fourth-order valence-electron chi connectivity index (χ4n) is 1.87. The van der Waals surface area contributed by atoms with Gasteiger partial charge in [0.2, 0.25) is 0 Å². The summed E-state index contributed by atoms with van der Waals surface area (Å²) in [5.41, 5.74) is 0.433. The Morgan fingerprint density at radius 1 is 1.40 bits per heavy atom. The number of thioether (sulfide) groups is 1. The first-order chi connectivity index (χ1) is 7.10. The van der Waals surface area contributed by atoms with Crippen molar-refractivity contribution in [2.24, 2.45) is 0 Å². The van der Waals surface area contributed by atoms with Crippen LogP contribution >= 0.6 is 27.7 Å². The van der Waals surface area contributed by atoms with Crippen LogP contribution in [0.2, 0.25) is 0 Å². The Labute approximate surface area is 103 Å². The van der Waals surface area contributed by atoms with E-state index < -0.39 is 5.60 Å². The number of hydrogen-bond acceptors (Lipinski definition) is 2. The van der Waals surface area contributed by atoms with Crippen LogP contribution in [-0.4, -0.2) is 16.1 Å². The Balaban J connectivity index is 2.18. The molecule has 1 heterocycles. The average Bonchev–Trinajstić information content (AvgIpc) is 2.24. The smallest absolute Gasteiger partial charge is 0.0987 e. The second-order valence-electron chi connectivity index (χ2n) is 4.20. The van der Waals surface area contributed by atoms with Crippen LogP contribution in [-0.2, 0) is 5.60 Å². The molecule has 0 bridgehead atoms. The Bertz CT molecular complexity index is 328. The van der Waals surface area contributed by atoms with Gasteiger partial charge in [0.1, 0.15) is 0 Å². The van der Waals surface area contributed by atoms with Crippen LogP contribution in [0.15, 0.2) is 28.7 Å². The lowest BCUT2D eigenvalue weighted by atomic mass is 9.90. The first-order valence-corrected chi connectivity index (χ1v) is 7.04. The molecule has 1 fully saturated rings. The van der Waals surface area contributed by atoms with Crippen LogP contribution in [0, 0.1) is 0 Å². The maximum absolute atomic E-state index is 10.5. The normalized spacial score (nSPS) is 31.5. The van der Waals surface area contributed by atoms with Crippen molar-refractivity contribution in [3.05, 3.63) is 34.3 Å². The highest BCUT2D eigenvalue weighted by Crippen LogP contribution is 2.38. The summed E-state index contributed by atoms with van der Waals surface area (Å²) in [6, 6.07) is 8.02. The first-order valence-electron chi connectivity index (χ1n) is 5.20. The van der Waals surface area contributed by atoms with Crippen molar-refractivity contribution in [2.75, 3.05) is 5.75 Å². The lowest BCUT2D eigenvalue weighted by molar-refractivity contribution is 0.0471. The van der Waals surface area contributed by atoms with Crippen molar-refractivity contribution < 1.29 is 5.11 Å². The van der Waals surface area contributed by atoms with Gasteiger partial charge >= 0.3 is 0 Å². The van der Waals surface area contributed by atoms with Crippen LogP contribution in [0.1, 0.15) is 25.3 Å². The fourth-order valence-corrected chi connectivity index (χ4v) is 3.29. The van der Waals surface area contributed by atoms with E-state index in [1.807, 2.05) is 36.0 Å². The molecule has 1 aliphatic heterocycles. The lowest BCUT2D eigenvalue weighted by Gasteiger charge is -2.34. The van der Waals surface area contributed by atoms with E-state index in [-0.39, 0.29) is 0 Å². The summed E-state index contributed by atoms with van der Waals surface area (Å²) in [5.74, 6) is 0.815. The van der Waals surface area contributed by atoms with Crippen LogP contribution < -0.4 is 0 Å². The molecule has 15 heavy (non-hydrogen) atoms. The Morgan fingerprint density at radius 2 is 2.07 bits per heavy atom. The summed E-state index contributed by atoms with van der Waals surface area (Å²) in [6.07, 6.45) is 1.97. The standard InChI is InChI=1S/C12H15BrOS/c1-9-6-7-12(14,8-15-9)10-2-4-11(13)5-3-10/h2-5,9,14H,6-8H2,1H3. The molecule has 1 aliphatic rings. The van der Waals surface area contributed by atoms with E-state index >= 15 is 0 Å². The summed E-state index contributed by atoms with van der Waals surface area (Å²) in [4.78, 5) is 0. The molecule has 82 valence electrons. The van der Waals surface area contributed by atoms with Crippen molar-refractivity contribution in [1.29, 1.82) is 0 Å². The molecule has 1 saturated heterocycles. The Morgan fingerprint density at radius 3 is 2.60 bits per heavy atom. The third-order valence-corrected chi connectivity index (χ3v) is 4.93. The van der Waals surface area contributed by atoms with Crippen LogP contribution in [0.5, 0.6) is 0 Å². The lowest BCUT2D eigenvalue weighted by Crippen LogP contribution is -2.33. The van der Waals surface area contributed by atoms with Gasteiger partial charge in [-0.25, -0.2) is 0 Å². The minimum Gasteiger partial charge on any atom is -0.384 e. The Hall–Kier alpha value is 0.01000. The van der Waals surface area contributed by atoms with Gasteiger partial charge in [0.15, 0.2) is 0 Å². The molecule has 1 aromatic rings. The van der Waals surface area contributed by atoms with Gasteiger partial charge in [0, 0.05) is 15.5 Å². The van der Waals surface area contributed by atoms with E-state index in [4.69, 9.17) is 0 Å². The van der Waals surface area contributed by atoms with Crippen LogP contribution in [0.25, 0.3) is 0 Å². The molecule has 1 aromatic carbocycles. The average molecular weight is 287 g/mol. The summed E-state index contributed by atoms with van der Waals surface area (Å²) in [5, 5.41) is 11.2. The molecule has 0 spiro atoms. The summed E-state index contributed by atoms with van der Waals surface area (Å²) >= 11 is 5.27. The fraction of sp³-hybridized carbons (Fsp3) is 0.500. The maximum Gasteiger partial charge on any atom is 0.0987 e. The molecule has 1 N–H and O–H groups in total. The van der Waals surface area contributed by atoms with E-state index in [0.717, 1.165) is 28.6 Å². The topological polar surface area (TPSA) is 20.2 Å². The van der Waals surface area contributed by atoms with E-state index in [2.05, 4.69) is 22.9 Å². The van der Waals surface area contributed by atoms with Gasteiger partial charge in [-0.15, -0.1) is 0 Å². The van der Waals surface area contributed by atoms with E-state index in [0.29, 0.717) is 5.25 Å². The number of rotatable bonds is 1. The third kappa shape index (κ3) is 2.58. The number of halogens is 1. The predicted octanol–water partition coefficient (Wildman–Crippen LogP) is 3.55. The highest BCUT2D eigenvalue weighted by Gasteiger charge is 2.33. The van der Waals surface area contributed by atoms with Gasteiger partial charge in [-0.2, -0.15) is 11.8 Å². The molecular weight excluding hydrogens is 272 g/mol. The van der Waals surface area contributed by atoms with E-state index in [1.54, 1.807) is 0 Å². The van der Waals surface area contributed by atoms with E-state index in [9.17, 15) is 5.11 Å². The maximum atomic E-state index is 10.5. The van der Waals surface area contributed by atoms with Gasteiger partial charge in [-0.05, 0) is 30.5 Å². The molecule has 2 unspecified atom stereocenters. The number of hydrogen-bond donors (Lipinski definition) is 1. The minimum absolute atomic E-state index is 0.613. The van der Waals surface area contributed by atoms with Crippen molar-refractivity contribution in [1.82, 2.24) is 0 Å². The van der Waals surface area contributed by atoms with Crippen molar-refractivity contribution in [3.8, 4) is 0 Å². The van der Waals surface area contributed by atoms with Gasteiger partial charge in [-0.3, -0.25) is 0 Å². The molecule has 0 saturated carbocycles. The molecule has 3 heteroatoms. The van der Waals surface area contributed by atoms with Gasteiger partial charge < -0.3 is 5.11 Å². The second-order valence-corrected chi connectivity index (χ2v) is 6.54. The molecule has 0 aromatic heterocycles. The summed E-state index contributed by atoms with van der Waals surface area (Å²) in [7, 11) is 0. The number of aliphatic hydroxyl groups is 1. The summed E-state index contributed by atoms with van der Waals surface area (Å²) in [6.45, 7) is 2.23. The zero-order chi connectivity index (χ0) is 10.9. The van der Waals surface area contributed by atoms with Crippen LogP contribution in [0.3, 0.4) is 0 Å². The Kier molecular flexibility index (Phi) is 3.43. The van der Waals surface area contributed by atoms with Gasteiger partial charge in [0.05, 0.1) is 5.60 Å². The van der Waals surface area contributed by atoms with Crippen molar-refractivity contribution in [3.63, 3.8) is 0 Å². The zero-order valence-electron chi connectivity index (χ0n) is 8.74. The quantitative estimate of drug-likeness (QED) is 0.852. The molecule has 0 amide bonds. The monoisotopic (exact) mass is 286 g/mol. The third-order valence-electron chi connectivity index (χ3n) is 2.95. The highest BCUT2D eigenvalue weighted by atomic mass is 79.9. The van der Waals surface area contributed by atoms with Gasteiger partial charge in [0.25, 0.3) is 0 Å². The van der Waals surface area contributed by atoms with Crippen molar-refractivity contribution >= 4 is 27.7 Å². The van der Waals surface area contributed by atoms with E-state index in [1.165, 1.54) is 0 Å². The molecule has 0 radical (unpaired) electrons. The SMILES string of the molecule is CC1CCC(O)(c2ccc(Br)cc2)CS1. The molecule has 1 nitrogen and oxygen atoms in total. The van der Waals surface area contributed by atoms with Crippen molar-refractivity contribution in [2.45, 2.75) is 30.6 Å². The largest absolute Gasteiger partial charge is 0.384 e. The summed E-state index contributed by atoms with van der Waals surface area (Å²) < 4.78 is 1.06. The van der Waals surface area contributed by atoms with Gasteiger partial charge in [-0.1, -0.05) is 35.0 Å². The number of benzene rings is 1. The second kappa shape index (κ2) is 4.48. The predicted molar refractivity (Wildman–Crippen MR) is 69.2 cm³/mol. The molecular formula is C12H15BrOS.